The molecule has 1 fully saturated rings. The molecule has 0 radical (unpaired) electrons. The van der Waals surface area contributed by atoms with Crippen molar-refractivity contribution in [3.63, 3.8) is 0 Å². The smallest absolute Gasteiger partial charge is 0.341 e. The number of hydrogen-bond acceptors (Lipinski definition) is 6. The molecule has 150 valence electrons. The van der Waals surface area contributed by atoms with E-state index in [2.05, 4.69) is 15.1 Å². The lowest BCUT2D eigenvalue weighted by molar-refractivity contribution is -0.117. The molecular formula is C21H27N3O4. The van der Waals surface area contributed by atoms with E-state index in [0.717, 1.165) is 43.0 Å². The molecule has 1 N–H and O–H groups in total. The molecular weight excluding hydrogens is 358 g/mol. The first-order valence-electron chi connectivity index (χ1n) is 9.43. The van der Waals surface area contributed by atoms with Gasteiger partial charge in [-0.25, -0.2) is 4.79 Å². The fraction of sp³-hybridized carbons (Fsp3) is 0.429. The fourth-order valence-corrected chi connectivity index (χ4v) is 3.34. The zero-order chi connectivity index (χ0) is 20.1. The summed E-state index contributed by atoms with van der Waals surface area (Å²) in [6.07, 6.45) is 1.51. The first-order chi connectivity index (χ1) is 13.5. The lowest BCUT2D eigenvalue weighted by Crippen LogP contribution is -2.48. The largest absolute Gasteiger partial charge is 0.467 e. The molecule has 7 nitrogen and oxygen atoms in total. The summed E-state index contributed by atoms with van der Waals surface area (Å²) < 4.78 is 10.2. The van der Waals surface area contributed by atoms with Crippen molar-refractivity contribution in [3.05, 3.63) is 53.0 Å². The minimum Gasteiger partial charge on any atom is -0.467 e. The number of carbonyl (C=O) groups is 2. The van der Waals surface area contributed by atoms with Gasteiger partial charge in [0.05, 0.1) is 26.5 Å². The van der Waals surface area contributed by atoms with Crippen molar-refractivity contribution in [1.29, 1.82) is 0 Å². The van der Waals surface area contributed by atoms with E-state index in [1.165, 1.54) is 13.4 Å². The van der Waals surface area contributed by atoms with Crippen molar-refractivity contribution in [1.82, 2.24) is 9.80 Å². The summed E-state index contributed by atoms with van der Waals surface area (Å²) in [7, 11) is 1.36. The summed E-state index contributed by atoms with van der Waals surface area (Å²) >= 11 is 0. The summed E-state index contributed by atoms with van der Waals surface area (Å²) in [6.45, 7) is 8.16. The van der Waals surface area contributed by atoms with E-state index in [-0.39, 0.29) is 11.9 Å². The van der Waals surface area contributed by atoms with Gasteiger partial charge in [-0.1, -0.05) is 12.1 Å². The Balaban J connectivity index is 1.48. The molecule has 0 saturated carbocycles. The molecule has 1 aromatic carbocycles. The summed E-state index contributed by atoms with van der Waals surface area (Å²) in [5.41, 5.74) is 3.60. The second-order valence-corrected chi connectivity index (χ2v) is 7.10. The van der Waals surface area contributed by atoms with Crippen molar-refractivity contribution >= 4 is 17.6 Å². The molecule has 0 aliphatic carbocycles. The number of aryl methyl sites for hydroxylation is 1. The lowest BCUT2D eigenvalue weighted by Gasteiger charge is -2.33. The zero-order valence-electron chi connectivity index (χ0n) is 16.7. The number of benzene rings is 1. The van der Waals surface area contributed by atoms with E-state index in [0.29, 0.717) is 24.4 Å². The van der Waals surface area contributed by atoms with Crippen molar-refractivity contribution < 1.29 is 18.7 Å². The van der Waals surface area contributed by atoms with Gasteiger partial charge in [0.25, 0.3) is 0 Å². The number of carbonyl (C=O) groups excluding carboxylic acids is 2. The van der Waals surface area contributed by atoms with Crippen LogP contribution in [0.4, 0.5) is 5.69 Å². The maximum Gasteiger partial charge on any atom is 0.341 e. The van der Waals surface area contributed by atoms with Gasteiger partial charge in [0, 0.05) is 31.9 Å². The van der Waals surface area contributed by atoms with Crippen LogP contribution in [0.25, 0.3) is 0 Å². The maximum atomic E-state index is 12.4. The molecule has 2 aromatic rings. The zero-order valence-corrected chi connectivity index (χ0v) is 16.7. The minimum absolute atomic E-state index is 0.00108. The van der Waals surface area contributed by atoms with Gasteiger partial charge in [0.2, 0.25) is 5.91 Å². The number of anilines is 1. The lowest BCUT2D eigenvalue weighted by atomic mass is 10.1. The first kappa shape index (κ1) is 20.1. The third-order valence-corrected chi connectivity index (χ3v) is 5.23. The second kappa shape index (κ2) is 9.03. The van der Waals surface area contributed by atoms with E-state index >= 15 is 0 Å². The van der Waals surface area contributed by atoms with Gasteiger partial charge >= 0.3 is 5.97 Å². The highest BCUT2D eigenvalue weighted by atomic mass is 16.5. The molecule has 1 aliphatic rings. The molecule has 0 unspecified atom stereocenters. The standard InChI is InChI=1S/C21H27N3O4/c1-15-5-4-6-18(16(15)2)22-20(25)14-24-10-8-23(9-11-24)13-19-17(7-12-28-19)21(26)27-3/h4-7,12H,8-11,13-14H2,1-3H3,(H,22,25). The van der Waals surface area contributed by atoms with Crippen molar-refractivity contribution in [2.45, 2.75) is 20.4 Å². The fourth-order valence-electron chi connectivity index (χ4n) is 3.34. The Morgan fingerprint density at radius 2 is 1.82 bits per heavy atom. The van der Waals surface area contributed by atoms with Crippen molar-refractivity contribution in [2.24, 2.45) is 0 Å². The Labute approximate surface area is 165 Å². The van der Waals surface area contributed by atoms with E-state index < -0.39 is 0 Å². The molecule has 0 spiro atoms. The number of methoxy groups -OCH3 is 1. The van der Waals surface area contributed by atoms with Gasteiger partial charge in [-0.3, -0.25) is 14.6 Å². The van der Waals surface area contributed by atoms with Crippen LogP contribution in [0.5, 0.6) is 0 Å². The number of nitrogens with zero attached hydrogens (tertiary/aromatic N) is 2. The van der Waals surface area contributed by atoms with E-state index in [1.54, 1.807) is 6.07 Å². The first-order valence-corrected chi connectivity index (χ1v) is 9.43. The van der Waals surface area contributed by atoms with Crippen LogP contribution in [-0.4, -0.2) is 61.5 Å². The van der Waals surface area contributed by atoms with Gasteiger partial charge < -0.3 is 14.5 Å². The van der Waals surface area contributed by atoms with Crippen LogP contribution in [0.2, 0.25) is 0 Å². The molecule has 1 aliphatic heterocycles. The van der Waals surface area contributed by atoms with Crippen LogP contribution >= 0.6 is 0 Å². The quantitative estimate of drug-likeness (QED) is 0.770. The van der Waals surface area contributed by atoms with Gasteiger partial charge in [0.1, 0.15) is 11.3 Å². The number of ether oxygens (including phenoxy) is 1. The summed E-state index contributed by atoms with van der Waals surface area (Å²) in [6, 6.07) is 7.55. The van der Waals surface area contributed by atoms with E-state index in [4.69, 9.17) is 9.15 Å². The molecule has 7 heteroatoms. The number of piperazine rings is 1. The molecule has 0 bridgehead atoms. The Hall–Kier alpha value is -2.64. The third-order valence-electron chi connectivity index (χ3n) is 5.23. The van der Waals surface area contributed by atoms with Crippen LogP contribution in [0.15, 0.2) is 34.9 Å². The number of furan rings is 1. The summed E-state index contributed by atoms with van der Waals surface area (Å²) in [5.74, 6) is 0.236. The van der Waals surface area contributed by atoms with E-state index in [1.807, 2.05) is 32.0 Å². The summed E-state index contributed by atoms with van der Waals surface area (Å²) in [4.78, 5) is 28.5. The average molecular weight is 385 g/mol. The van der Waals surface area contributed by atoms with Crippen LogP contribution in [0, 0.1) is 13.8 Å². The Bertz CT molecular complexity index is 838. The molecule has 1 saturated heterocycles. The van der Waals surface area contributed by atoms with Crippen molar-refractivity contribution in [3.8, 4) is 0 Å². The normalized spacial score (nSPS) is 15.4. The van der Waals surface area contributed by atoms with Crippen LogP contribution in [-0.2, 0) is 16.1 Å². The SMILES string of the molecule is COC(=O)c1ccoc1CN1CCN(CC(=O)Nc2cccc(C)c2C)CC1. The van der Waals surface area contributed by atoms with Crippen molar-refractivity contribution in [2.75, 3.05) is 45.2 Å². The van der Waals surface area contributed by atoms with Gasteiger partial charge in [0.15, 0.2) is 0 Å². The van der Waals surface area contributed by atoms with Gasteiger partial charge in [-0.2, -0.15) is 0 Å². The highest BCUT2D eigenvalue weighted by Crippen LogP contribution is 2.18. The average Bonchev–Trinajstić information content (AvgIpc) is 3.14. The molecule has 28 heavy (non-hydrogen) atoms. The number of hydrogen-bond donors (Lipinski definition) is 1. The summed E-state index contributed by atoms with van der Waals surface area (Å²) in [5, 5.41) is 3.01. The van der Waals surface area contributed by atoms with Crippen LogP contribution in [0.3, 0.4) is 0 Å². The predicted molar refractivity (Wildman–Crippen MR) is 106 cm³/mol. The van der Waals surface area contributed by atoms with Crippen LogP contribution < -0.4 is 5.32 Å². The highest BCUT2D eigenvalue weighted by Gasteiger charge is 2.22. The Morgan fingerprint density at radius 1 is 1.11 bits per heavy atom. The Morgan fingerprint density at radius 3 is 2.54 bits per heavy atom. The minimum atomic E-state index is -0.384. The predicted octanol–water partition coefficient (Wildman–Crippen LogP) is 2.44. The number of rotatable bonds is 6. The molecule has 0 atom stereocenters. The molecule has 2 heterocycles. The third kappa shape index (κ3) is 4.79. The molecule has 1 aromatic heterocycles. The van der Waals surface area contributed by atoms with Crippen LogP contribution in [0.1, 0.15) is 27.2 Å². The maximum absolute atomic E-state index is 12.4. The number of esters is 1. The highest BCUT2D eigenvalue weighted by molar-refractivity contribution is 5.93. The van der Waals surface area contributed by atoms with E-state index in [9.17, 15) is 9.59 Å². The Kier molecular flexibility index (Phi) is 6.49. The van der Waals surface area contributed by atoms with Gasteiger partial charge in [-0.05, 0) is 37.1 Å². The monoisotopic (exact) mass is 385 g/mol. The number of amides is 1. The molecule has 3 rings (SSSR count). The number of nitrogens with one attached hydrogen (secondary N) is 1. The topological polar surface area (TPSA) is 75.0 Å². The molecule has 1 amide bonds. The van der Waals surface area contributed by atoms with Gasteiger partial charge in [-0.15, -0.1) is 0 Å². The second-order valence-electron chi connectivity index (χ2n) is 7.10.